The number of halogens is 3. The number of rotatable bonds is 3. The molecule has 3 nitrogen and oxygen atoms in total. The van der Waals surface area contributed by atoms with Crippen LogP contribution in [0.2, 0.25) is 0 Å². The van der Waals surface area contributed by atoms with Gasteiger partial charge in [-0.3, -0.25) is 4.90 Å². The molecule has 3 rings (SSSR count). The van der Waals surface area contributed by atoms with Crippen molar-refractivity contribution in [3.8, 4) is 0 Å². The summed E-state index contributed by atoms with van der Waals surface area (Å²) < 4.78 is 38.4. The Morgan fingerprint density at radius 2 is 1.80 bits per heavy atom. The molecule has 1 aromatic carbocycles. The van der Waals surface area contributed by atoms with Crippen LogP contribution < -0.4 is 0 Å². The summed E-state index contributed by atoms with van der Waals surface area (Å²) in [6.45, 7) is 3.47. The van der Waals surface area contributed by atoms with Gasteiger partial charge in [0.25, 0.3) is 0 Å². The molecule has 0 amide bonds. The third-order valence-electron chi connectivity index (χ3n) is 4.48. The van der Waals surface area contributed by atoms with E-state index in [2.05, 4.69) is 9.80 Å². The van der Waals surface area contributed by atoms with Crippen molar-refractivity contribution < 1.29 is 18.3 Å². The van der Waals surface area contributed by atoms with Gasteiger partial charge in [-0.2, -0.15) is 13.2 Å². The van der Waals surface area contributed by atoms with E-state index in [1.165, 1.54) is 12.1 Å². The Hall–Kier alpha value is -2.05. The van der Waals surface area contributed by atoms with Crippen molar-refractivity contribution in [3.63, 3.8) is 0 Å². The number of aliphatic hydroxyl groups excluding tert-OH is 1. The van der Waals surface area contributed by atoms with Crippen LogP contribution in [-0.2, 0) is 12.7 Å². The first-order valence-corrected chi connectivity index (χ1v) is 8.30. The molecule has 0 bridgehead atoms. The van der Waals surface area contributed by atoms with Crippen molar-refractivity contribution in [3.05, 3.63) is 71.5 Å². The van der Waals surface area contributed by atoms with Crippen molar-refractivity contribution in [2.24, 2.45) is 0 Å². The number of hydrogen-bond donors (Lipinski definition) is 1. The lowest BCUT2D eigenvalue weighted by atomic mass is 10.1. The van der Waals surface area contributed by atoms with Gasteiger partial charge in [-0.05, 0) is 17.7 Å². The van der Waals surface area contributed by atoms with Gasteiger partial charge in [0.1, 0.15) is 6.10 Å². The summed E-state index contributed by atoms with van der Waals surface area (Å²) in [7, 11) is 0. The lowest BCUT2D eigenvalue weighted by molar-refractivity contribution is -0.137. The standard InChI is InChI=1S/C19H21F3N2O/c20-19(21,22)16-6-4-5-15(13-16)14-23-9-11-24(12-10-23)17-7-2-1-3-8-18(17)25/h1-8,13,18,25H,9-12,14H2. The molecule has 1 N–H and O–H groups in total. The first kappa shape index (κ1) is 17.8. The molecule has 0 spiro atoms. The van der Waals surface area contributed by atoms with E-state index in [1.807, 2.05) is 24.3 Å². The zero-order valence-electron chi connectivity index (χ0n) is 13.8. The molecule has 2 aliphatic rings. The van der Waals surface area contributed by atoms with Crippen LogP contribution in [0.1, 0.15) is 11.1 Å². The predicted molar refractivity (Wildman–Crippen MR) is 90.7 cm³/mol. The number of allylic oxidation sites excluding steroid dienone is 4. The monoisotopic (exact) mass is 350 g/mol. The molecule has 0 aromatic heterocycles. The minimum atomic E-state index is -4.31. The summed E-state index contributed by atoms with van der Waals surface area (Å²) in [4.78, 5) is 4.27. The summed E-state index contributed by atoms with van der Waals surface area (Å²) in [6, 6.07) is 5.51. The first-order chi connectivity index (χ1) is 11.9. The summed E-state index contributed by atoms with van der Waals surface area (Å²) in [5.74, 6) is 0. The smallest absolute Gasteiger partial charge is 0.383 e. The topological polar surface area (TPSA) is 26.7 Å². The molecule has 1 atom stereocenters. The fourth-order valence-electron chi connectivity index (χ4n) is 3.15. The summed E-state index contributed by atoms with van der Waals surface area (Å²) in [5.41, 5.74) is 0.931. The van der Waals surface area contributed by atoms with Gasteiger partial charge in [0.2, 0.25) is 0 Å². The maximum atomic E-state index is 12.8. The highest BCUT2D eigenvalue weighted by Gasteiger charge is 2.30. The van der Waals surface area contributed by atoms with Crippen molar-refractivity contribution >= 4 is 0 Å². The molecule has 1 aliphatic carbocycles. The fourth-order valence-corrected chi connectivity index (χ4v) is 3.15. The molecule has 1 unspecified atom stereocenters. The maximum absolute atomic E-state index is 12.8. The molecule has 134 valence electrons. The number of aliphatic hydroxyl groups is 1. The Bertz CT molecular complexity index is 686. The second-order valence-corrected chi connectivity index (χ2v) is 6.27. The highest BCUT2D eigenvalue weighted by atomic mass is 19.4. The Morgan fingerprint density at radius 3 is 2.52 bits per heavy atom. The zero-order valence-corrected chi connectivity index (χ0v) is 13.8. The van der Waals surface area contributed by atoms with E-state index in [9.17, 15) is 18.3 Å². The molecule has 25 heavy (non-hydrogen) atoms. The molecule has 0 radical (unpaired) electrons. The summed E-state index contributed by atoms with van der Waals surface area (Å²) in [6.07, 6.45) is 4.31. The third kappa shape index (κ3) is 4.52. The second kappa shape index (κ2) is 7.45. The van der Waals surface area contributed by atoms with Gasteiger partial charge in [0, 0.05) is 38.4 Å². The Morgan fingerprint density at radius 1 is 1.04 bits per heavy atom. The van der Waals surface area contributed by atoms with Crippen LogP contribution in [0.25, 0.3) is 0 Å². The summed E-state index contributed by atoms with van der Waals surface area (Å²) >= 11 is 0. The molecule has 1 aromatic rings. The molecule has 1 heterocycles. The lowest BCUT2D eigenvalue weighted by Gasteiger charge is -2.38. The number of nitrogens with zero attached hydrogens (tertiary/aromatic N) is 2. The van der Waals surface area contributed by atoms with Crippen LogP contribution in [0.3, 0.4) is 0 Å². The van der Waals surface area contributed by atoms with Crippen LogP contribution in [0.15, 0.2) is 60.3 Å². The molecule has 0 saturated carbocycles. The van der Waals surface area contributed by atoms with Gasteiger partial charge in [0.15, 0.2) is 0 Å². The SMILES string of the molecule is OC1C=CC=CC=C1N1CCN(Cc2cccc(C(F)(F)F)c2)CC1. The van der Waals surface area contributed by atoms with Gasteiger partial charge in [-0.25, -0.2) is 0 Å². The van der Waals surface area contributed by atoms with E-state index < -0.39 is 17.8 Å². The normalized spacial score (nSPS) is 22.0. The third-order valence-corrected chi connectivity index (χ3v) is 4.48. The molecular weight excluding hydrogens is 329 g/mol. The van der Waals surface area contributed by atoms with Gasteiger partial charge >= 0.3 is 6.18 Å². The van der Waals surface area contributed by atoms with Crippen molar-refractivity contribution in [1.82, 2.24) is 9.80 Å². The van der Waals surface area contributed by atoms with E-state index in [4.69, 9.17) is 0 Å². The van der Waals surface area contributed by atoms with Crippen LogP contribution in [0.4, 0.5) is 13.2 Å². The van der Waals surface area contributed by atoms with Crippen molar-refractivity contribution in [1.29, 1.82) is 0 Å². The Balaban J connectivity index is 1.59. The van der Waals surface area contributed by atoms with Gasteiger partial charge in [0.05, 0.1) is 5.56 Å². The second-order valence-electron chi connectivity index (χ2n) is 6.27. The minimum absolute atomic E-state index is 0.499. The quantitative estimate of drug-likeness (QED) is 0.907. The van der Waals surface area contributed by atoms with Gasteiger partial charge in [-0.15, -0.1) is 0 Å². The zero-order chi connectivity index (χ0) is 17.9. The van der Waals surface area contributed by atoms with E-state index >= 15 is 0 Å². The van der Waals surface area contributed by atoms with Crippen molar-refractivity contribution in [2.45, 2.75) is 18.8 Å². The van der Waals surface area contributed by atoms with Crippen LogP contribution in [-0.4, -0.2) is 47.2 Å². The number of piperazine rings is 1. The molecule has 1 aliphatic heterocycles. The van der Waals surface area contributed by atoms with Crippen LogP contribution in [0, 0.1) is 0 Å². The molecule has 6 heteroatoms. The van der Waals surface area contributed by atoms with Gasteiger partial charge < -0.3 is 10.0 Å². The largest absolute Gasteiger partial charge is 0.416 e. The van der Waals surface area contributed by atoms with Crippen LogP contribution >= 0.6 is 0 Å². The van der Waals surface area contributed by atoms with Gasteiger partial charge in [-0.1, -0.05) is 42.5 Å². The average molecular weight is 350 g/mol. The number of hydrogen-bond acceptors (Lipinski definition) is 3. The number of alkyl halides is 3. The molecule has 1 saturated heterocycles. The lowest BCUT2D eigenvalue weighted by Crippen LogP contribution is -2.46. The maximum Gasteiger partial charge on any atom is 0.416 e. The Kier molecular flexibility index (Phi) is 5.30. The van der Waals surface area contributed by atoms with E-state index in [0.717, 1.165) is 37.9 Å². The van der Waals surface area contributed by atoms with E-state index in [-0.39, 0.29) is 0 Å². The molecular formula is C19H21F3N2O. The average Bonchev–Trinajstić information content (AvgIpc) is 2.80. The minimum Gasteiger partial charge on any atom is -0.383 e. The fraction of sp³-hybridized carbons (Fsp3) is 0.368. The predicted octanol–water partition coefficient (Wildman–Crippen LogP) is 3.19. The highest BCUT2D eigenvalue weighted by Crippen LogP contribution is 2.30. The summed E-state index contributed by atoms with van der Waals surface area (Å²) in [5, 5.41) is 10.2. The highest BCUT2D eigenvalue weighted by molar-refractivity contribution is 5.28. The number of benzene rings is 1. The Labute approximate surface area is 145 Å². The van der Waals surface area contributed by atoms with E-state index in [0.29, 0.717) is 12.1 Å². The first-order valence-electron chi connectivity index (χ1n) is 8.30. The molecule has 1 fully saturated rings. The van der Waals surface area contributed by atoms with Crippen molar-refractivity contribution in [2.75, 3.05) is 26.2 Å². The van der Waals surface area contributed by atoms with Crippen LogP contribution in [0.5, 0.6) is 0 Å². The van der Waals surface area contributed by atoms with E-state index in [1.54, 1.807) is 12.1 Å².